The van der Waals surface area contributed by atoms with E-state index in [1.807, 2.05) is 12.2 Å². The first-order chi connectivity index (χ1) is 5.79. The summed E-state index contributed by atoms with van der Waals surface area (Å²) in [5.74, 6) is 0.584. The van der Waals surface area contributed by atoms with Gasteiger partial charge in [0.25, 0.3) is 0 Å². The van der Waals surface area contributed by atoms with Crippen molar-refractivity contribution >= 4 is 11.6 Å². The van der Waals surface area contributed by atoms with E-state index in [9.17, 15) is 9.59 Å². The maximum absolute atomic E-state index is 11.0. The van der Waals surface area contributed by atoms with Crippen LogP contribution >= 0.6 is 0 Å². The van der Waals surface area contributed by atoms with E-state index in [4.69, 9.17) is 0 Å². The minimum atomic E-state index is 0.292. The number of Topliss-reactive ketones (excluding diaryl/α,β-unsaturated/α-hetero) is 2. The van der Waals surface area contributed by atoms with Gasteiger partial charge >= 0.3 is 0 Å². The highest BCUT2D eigenvalue weighted by Crippen LogP contribution is 2.07. The lowest BCUT2D eigenvalue weighted by atomic mass is 10.0. The van der Waals surface area contributed by atoms with Gasteiger partial charge in [0, 0.05) is 25.7 Å². The summed E-state index contributed by atoms with van der Waals surface area (Å²) in [6, 6.07) is 0. The number of rotatable bonds is 0. The quantitative estimate of drug-likeness (QED) is 0.516. The van der Waals surface area contributed by atoms with Crippen molar-refractivity contribution in [2.24, 2.45) is 0 Å². The molecule has 0 heterocycles. The van der Waals surface area contributed by atoms with Crippen molar-refractivity contribution in [3.8, 4) is 0 Å². The van der Waals surface area contributed by atoms with Gasteiger partial charge in [-0.1, -0.05) is 12.2 Å². The number of hydrogen-bond donors (Lipinski definition) is 0. The maximum Gasteiger partial charge on any atom is 0.136 e. The Bertz CT molecular complexity index is 182. The Hall–Kier alpha value is -0.920. The molecule has 1 aliphatic rings. The summed E-state index contributed by atoms with van der Waals surface area (Å²) < 4.78 is 0. The third-order valence-electron chi connectivity index (χ3n) is 2.02. The zero-order valence-electron chi connectivity index (χ0n) is 7.21. The standard InChI is InChI=1S/C10H14O2/c11-9-5-1-2-6-10(12)8-4-3-7-9/h1-2H,3-8H2/b2-1+. The Morgan fingerprint density at radius 3 is 1.67 bits per heavy atom. The fourth-order valence-corrected chi connectivity index (χ4v) is 1.28. The SMILES string of the molecule is O=C1C/C=C/CC(=O)CCCC1. The van der Waals surface area contributed by atoms with Crippen LogP contribution in [0, 0.1) is 0 Å². The second-order valence-corrected chi connectivity index (χ2v) is 3.16. The summed E-state index contributed by atoms with van der Waals surface area (Å²) in [6.07, 6.45) is 7.66. The van der Waals surface area contributed by atoms with Gasteiger partial charge in [-0.3, -0.25) is 9.59 Å². The van der Waals surface area contributed by atoms with Gasteiger partial charge in [-0.05, 0) is 12.8 Å². The van der Waals surface area contributed by atoms with Gasteiger partial charge in [-0.25, -0.2) is 0 Å². The molecule has 12 heavy (non-hydrogen) atoms. The molecule has 0 aromatic rings. The molecule has 0 unspecified atom stereocenters. The molecule has 66 valence electrons. The van der Waals surface area contributed by atoms with E-state index in [1.165, 1.54) is 0 Å². The lowest BCUT2D eigenvalue weighted by molar-refractivity contribution is -0.120. The summed E-state index contributed by atoms with van der Waals surface area (Å²) in [6.45, 7) is 0. The number of hydrogen-bond acceptors (Lipinski definition) is 2. The van der Waals surface area contributed by atoms with Crippen LogP contribution in [0.25, 0.3) is 0 Å². The first-order valence-corrected chi connectivity index (χ1v) is 4.47. The predicted octanol–water partition coefficient (Wildman–Crippen LogP) is 2.04. The number of carbonyl (C=O) groups is 2. The third kappa shape index (κ3) is 3.46. The first-order valence-electron chi connectivity index (χ1n) is 4.47. The average Bonchev–Trinajstić information content (AvgIpc) is 2.06. The Kier molecular flexibility index (Phi) is 3.71. The van der Waals surface area contributed by atoms with Gasteiger partial charge in [-0.15, -0.1) is 0 Å². The van der Waals surface area contributed by atoms with Crippen molar-refractivity contribution in [3.63, 3.8) is 0 Å². The van der Waals surface area contributed by atoms with E-state index < -0.39 is 0 Å². The van der Waals surface area contributed by atoms with Crippen LogP contribution in [0.2, 0.25) is 0 Å². The molecule has 0 spiro atoms. The normalized spacial score (nSPS) is 23.7. The lowest BCUT2D eigenvalue weighted by Crippen LogP contribution is -2.01. The summed E-state index contributed by atoms with van der Waals surface area (Å²) >= 11 is 0. The van der Waals surface area contributed by atoms with Crippen molar-refractivity contribution in [1.82, 2.24) is 0 Å². The van der Waals surface area contributed by atoms with Crippen molar-refractivity contribution in [2.75, 3.05) is 0 Å². The Morgan fingerprint density at radius 1 is 0.833 bits per heavy atom. The molecule has 0 radical (unpaired) electrons. The van der Waals surface area contributed by atoms with E-state index >= 15 is 0 Å². The third-order valence-corrected chi connectivity index (χ3v) is 2.02. The van der Waals surface area contributed by atoms with Crippen molar-refractivity contribution in [2.45, 2.75) is 38.5 Å². The average molecular weight is 166 g/mol. The first kappa shape index (κ1) is 9.17. The zero-order valence-corrected chi connectivity index (χ0v) is 7.21. The highest BCUT2D eigenvalue weighted by atomic mass is 16.1. The van der Waals surface area contributed by atoms with Gasteiger partial charge in [0.1, 0.15) is 11.6 Å². The molecule has 0 aromatic carbocycles. The van der Waals surface area contributed by atoms with Crippen LogP contribution in [-0.4, -0.2) is 11.6 Å². The molecule has 0 aromatic heterocycles. The van der Waals surface area contributed by atoms with Gasteiger partial charge < -0.3 is 0 Å². The van der Waals surface area contributed by atoms with Crippen LogP contribution in [0.1, 0.15) is 38.5 Å². The number of allylic oxidation sites excluding steroid dienone is 2. The van der Waals surface area contributed by atoms with Gasteiger partial charge in [0.2, 0.25) is 0 Å². The summed E-state index contributed by atoms with van der Waals surface area (Å²) in [4.78, 5) is 22.1. The Morgan fingerprint density at radius 2 is 1.25 bits per heavy atom. The van der Waals surface area contributed by atoms with Crippen LogP contribution in [0.3, 0.4) is 0 Å². The number of ketones is 2. The van der Waals surface area contributed by atoms with Crippen LogP contribution < -0.4 is 0 Å². The molecule has 0 N–H and O–H groups in total. The zero-order chi connectivity index (χ0) is 8.81. The fourth-order valence-electron chi connectivity index (χ4n) is 1.28. The van der Waals surface area contributed by atoms with Crippen LogP contribution in [-0.2, 0) is 9.59 Å². The van der Waals surface area contributed by atoms with Gasteiger partial charge in [0.05, 0.1) is 0 Å². The van der Waals surface area contributed by atoms with Gasteiger partial charge in [0.15, 0.2) is 0 Å². The summed E-state index contributed by atoms with van der Waals surface area (Å²) in [7, 11) is 0. The highest BCUT2D eigenvalue weighted by Gasteiger charge is 2.04. The molecule has 1 aliphatic carbocycles. The minimum Gasteiger partial charge on any atom is -0.299 e. The van der Waals surface area contributed by atoms with Gasteiger partial charge in [-0.2, -0.15) is 0 Å². The van der Waals surface area contributed by atoms with E-state index in [1.54, 1.807) is 0 Å². The van der Waals surface area contributed by atoms with Crippen LogP contribution in [0.4, 0.5) is 0 Å². The second-order valence-electron chi connectivity index (χ2n) is 3.16. The molecule has 0 amide bonds. The van der Waals surface area contributed by atoms with E-state index in [0.29, 0.717) is 37.2 Å². The van der Waals surface area contributed by atoms with Crippen LogP contribution in [0.5, 0.6) is 0 Å². The predicted molar refractivity (Wildman–Crippen MR) is 46.9 cm³/mol. The monoisotopic (exact) mass is 166 g/mol. The molecule has 0 fully saturated rings. The lowest BCUT2D eigenvalue weighted by Gasteiger charge is -2.01. The van der Waals surface area contributed by atoms with Crippen molar-refractivity contribution in [1.29, 1.82) is 0 Å². The fraction of sp³-hybridized carbons (Fsp3) is 0.600. The molecular weight excluding hydrogens is 152 g/mol. The molecular formula is C10H14O2. The molecule has 2 nitrogen and oxygen atoms in total. The minimum absolute atomic E-state index is 0.292. The highest BCUT2D eigenvalue weighted by molar-refractivity contribution is 5.82. The Labute approximate surface area is 72.7 Å². The summed E-state index contributed by atoms with van der Waals surface area (Å²) in [5.41, 5.74) is 0. The van der Waals surface area contributed by atoms with Crippen molar-refractivity contribution < 1.29 is 9.59 Å². The van der Waals surface area contributed by atoms with Crippen LogP contribution in [0.15, 0.2) is 12.2 Å². The topological polar surface area (TPSA) is 34.1 Å². The largest absolute Gasteiger partial charge is 0.299 e. The molecule has 0 bridgehead atoms. The van der Waals surface area contributed by atoms with E-state index in [2.05, 4.69) is 0 Å². The summed E-state index contributed by atoms with van der Waals surface area (Å²) in [5, 5.41) is 0. The Balaban J connectivity index is 2.44. The molecule has 2 heteroatoms. The molecule has 1 rings (SSSR count). The van der Waals surface area contributed by atoms with E-state index in [0.717, 1.165) is 12.8 Å². The second kappa shape index (κ2) is 4.86. The smallest absolute Gasteiger partial charge is 0.136 e. The molecule has 0 saturated heterocycles. The number of carbonyl (C=O) groups excluding carboxylic acids is 2. The van der Waals surface area contributed by atoms with E-state index in [-0.39, 0.29) is 0 Å². The molecule has 0 aliphatic heterocycles. The molecule has 0 saturated carbocycles. The van der Waals surface area contributed by atoms with Crippen molar-refractivity contribution in [3.05, 3.63) is 12.2 Å². The molecule has 0 atom stereocenters. The maximum atomic E-state index is 11.0.